The Labute approximate surface area is 167 Å². The molecule has 1 aromatic heterocycles. The van der Waals surface area contributed by atoms with Crippen LogP contribution >= 0.6 is 0 Å². The molecule has 0 aliphatic carbocycles. The summed E-state index contributed by atoms with van der Waals surface area (Å²) in [5, 5.41) is 3.75. The first-order valence-corrected chi connectivity index (χ1v) is 9.67. The van der Waals surface area contributed by atoms with E-state index in [1.807, 2.05) is 54.7 Å². The van der Waals surface area contributed by atoms with Crippen LogP contribution < -0.4 is 10.2 Å². The summed E-state index contributed by atoms with van der Waals surface area (Å²) in [6.07, 6.45) is 3.02. The molecule has 1 atom stereocenters. The largest absolute Gasteiger partial charge is 0.361 e. The molecular weight excluding hydrogens is 368 g/mol. The van der Waals surface area contributed by atoms with Crippen molar-refractivity contribution in [2.75, 3.05) is 18.0 Å². The number of hydrogen-bond acceptors (Lipinski definition) is 3. The number of anilines is 1. The summed E-state index contributed by atoms with van der Waals surface area (Å²) >= 11 is 0. The molecule has 146 valence electrons. The molecule has 0 bridgehead atoms. The lowest BCUT2D eigenvalue weighted by Gasteiger charge is -2.20. The Balaban J connectivity index is 1.30. The second kappa shape index (κ2) is 6.77. The smallest absolute Gasteiger partial charge is 0.325 e. The Morgan fingerprint density at radius 1 is 1.07 bits per heavy atom. The fourth-order valence-corrected chi connectivity index (χ4v) is 4.20. The highest BCUT2D eigenvalue weighted by Gasteiger charge is 2.40. The van der Waals surface area contributed by atoms with E-state index in [4.69, 9.17) is 0 Å². The molecule has 4 amide bonds. The molecule has 7 heteroatoms. The number of urea groups is 1. The zero-order valence-electron chi connectivity index (χ0n) is 15.7. The summed E-state index contributed by atoms with van der Waals surface area (Å²) in [7, 11) is 0. The number of nitrogens with one attached hydrogen (secondary N) is 2. The van der Waals surface area contributed by atoms with E-state index in [1.165, 1.54) is 0 Å². The van der Waals surface area contributed by atoms with E-state index < -0.39 is 12.1 Å². The molecule has 2 aromatic carbocycles. The van der Waals surface area contributed by atoms with E-state index in [-0.39, 0.29) is 18.4 Å². The van der Waals surface area contributed by atoms with E-state index in [0.717, 1.165) is 39.0 Å². The molecule has 0 saturated carbocycles. The molecule has 2 aliphatic heterocycles. The van der Waals surface area contributed by atoms with Gasteiger partial charge in [0, 0.05) is 35.8 Å². The Kier molecular flexibility index (Phi) is 4.08. The highest BCUT2D eigenvalue weighted by atomic mass is 16.2. The number of amides is 4. The lowest BCUT2D eigenvalue weighted by atomic mass is 10.1. The van der Waals surface area contributed by atoms with Crippen LogP contribution in [0, 0.1) is 0 Å². The van der Waals surface area contributed by atoms with Crippen LogP contribution in [-0.4, -0.2) is 46.9 Å². The van der Waals surface area contributed by atoms with E-state index >= 15 is 0 Å². The van der Waals surface area contributed by atoms with Gasteiger partial charge in [-0.2, -0.15) is 0 Å². The Hall–Kier alpha value is -3.61. The maximum Gasteiger partial charge on any atom is 0.325 e. The normalized spacial score (nSPS) is 18.4. The lowest BCUT2D eigenvalue weighted by Crippen LogP contribution is -2.43. The van der Waals surface area contributed by atoms with Crippen LogP contribution in [0.4, 0.5) is 10.5 Å². The van der Waals surface area contributed by atoms with Gasteiger partial charge in [0.05, 0.1) is 0 Å². The van der Waals surface area contributed by atoms with Crippen LogP contribution in [-0.2, 0) is 22.4 Å². The molecule has 0 radical (unpaired) electrons. The van der Waals surface area contributed by atoms with E-state index in [9.17, 15) is 14.4 Å². The van der Waals surface area contributed by atoms with Gasteiger partial charge in [0.15, 0.2) is 0 Å². The summed E-state index contributed by atoms with van der Waals surface area (Å²) in [6, 6.07) is 14.4. The van der Waals surface area contributed by atoms with Crippen LogP contribution in [0.2, 0.25) is 0 Å². The first-order chi connectivity index (χ1) is 14.1. The number of aromatic nitrogens is 1. The van der Waals surface area contributed by atoms with Gasteiger partial charge in [-0.3, -0.25) is 14.5 Å². The highest BCUT2D eigenvalue weighted by molar-refractivity contribution is 6.09. The number of H-pyrrole nitrogens is 1. The van der Waals surface area contributed by atoms with Gasteiger partial charge < -0.3 is 15.2 Å². The monoisotopic (exact) mass is 388 g/mol. The van der Waals surface area contributed by atoms with Crippen molar-refractivity contribution >= 4 is 34.4 Å². The Bertz CT molecular complexity index is 1140. The summed E-state index contributed by atoms with van der Waals surface area (Å²) in [6.45, 7) is 0.323. The van der Waals surface area contributed by atoms with Gasteiger partial charge in [-0.25, -0.2) is 4.79 Å². The molecule has 2 N–H and O–H groups in total. The number of hydrogen-bond donors (Lipinski definition) is 2. The Morgan fingerprint density at radius 3 is 2.76 bits per heavy atom. The third-order valence-electron chi connectivity index (χ3n) is 5.69. The van der Waals surface area contributed by atoms with Gasteiger partial charge in [-0.1, -0.05) is 36.4 Å². The van der Waals surface area contributed by atoms with Crippen LogP contribution in [0.3, 0.4) is 0 Å². The number of aromatic amines is 1. The molecule has 1 fully saturated rings. The number of fused-ring (bicyclic) bond motifs is 2. The molecular formula is C22H20N4O3. The maximum atomic E-state index is 12.8. The topological polar surface area (TPSA) is 85.5 Å². The van der Waals surface area contributed by atoms with E-state index in [1.54, 1.807) is 4.90 Å². The third kappa shape index (κ3) is 2.95. The molecule has 1 saturated heterocycles. The quantitative estimate of drug-likeness (QED) is 0.672. The minimum atomic E-state index is -0.666. The van der Waals surface area contributed by atoms with Crippen molar-refractivity contribution in [1.82, 2.24) is 15.2 Å². The molecule has 2 aliphatic rings. The number of nitrogens with zero attached hydrogens (tertiary/aromatic N) is 2. The first-order valence-electron chi connectivity index (χ1n) is 9.67. The molecule has 3 heterocycles. The van der Waals surface area contributed by atoms with Crippen molar-refractivity contribution in [3.8, 4) is 0 Å². The summed E-state index contributed by atoms with van der Waals surface area (Å²) in [4.78, 5) is 43.9. The summed E-state index contributed by atoms with van der Waals surface area (Å²) < 4.78 is 0. The van der Waals surface area contributed by atoms with Crippen LogP contribution in [0.1, 0.15) is 11.1 Å². The number of rotatable bonds is 4. The third-order valence-corrected chi connectivity index (χ3v) is 5.69. The fraction of sp³-hybridized carbons (Fsp3) is 0.227. The molecule has 5 rings (SSSR count). The van der Waals surface area contributed by atoms with Gasteiger partial charge >= 0.3 is 6.03 Å². The Morgan fingerprint density at radius 2 is 1.86 bits per heavy atom. The van der Waals surface area contributed by atoms with Gasteiger partial charge in [-0.15, -0.1) is 0 Å². The van der Waals surface area contributed by atoms with Crippen molar-refractivity contribution in [3.05, 3.63) is 65.9 Å². The highest BCUT2D eigenvalue weighted by Crippen LogP contribution is 2.28. The number of para-hydroxylation sites is 2. The fourth-order valence-electron chi connectivity index (χ4n) is 4.20. The van der Waals surface area contributed by atoms with Crippen molar-refractivity contribution in [2.45, 2.75) is 18.9 Å². The first kappa shape index (κ1) is 17.5. The molecule has 0 unspecified atom stereocenters. The van der Waals surface area contributed by atoms with Gasteiger partial charge in [0.1, 0.15) is 12.6 Å². The average molecular weight is 388 g/mol. The summed E-state index contributed by atoms with van der Waals surface area (Å²) in [5.41, 5.74) is 3.91. The minimum absolute atomic E-state index is 0.244. The molecule has 7 nitrogen and oxygen atoms in total. The molecule has 0 spiro atoms. The van der Waals surface area contributed by atoms with Crippen LogP contribution in [0.5, 0.6) is 0 Å². The second-order valence-electron chi connectivity index (χ2n) is 7.41. The zero-order chi connectivity index (χ0) is 20.0. The standard InChI is InChI=1S/C22H20N4O3/c27-20(25-10-9-14-5-1-4-8-19(14)25)13-26-21(28)18(24-22(26)29)11-15-12-23-17-7-3-2-6-16(15)17/h1-8,12,18,23H,9-11,13H2,(H,24,29)/t18-/m1/s1. The van der Waals surface area contributed by atoms with E-state index in [0.29, 0.717) is 13.0 Å². The van der Waals surface area contributed by atoms with Crippen LogP contribution in [0.15, 0.2) is 54.7 Å². The van der Waals surface area contributed by atoms with Crippen LogP contribution in [0.25, 0.3) is 10.9 Å². The average Bonchev–Trinajstić information content (AvgIpc) is 3.41. The number of imide groups is 1. The van der Waals surface area contributed by atoms with Crippen molar-refractivity contribution in [1.29, 1.82) is 0 Å². The molecule has 29 heavy (non-hydrogen) atoms. The van der Waals surface area contributed by atoms with E-state index in [2.05, 4.69) is 10.3 Å². The predicted molar refractivity (Wildman–Crippen MR) is 109 cm³/mol. The zero-order valence-corrected chi connectivity index (χ0v) is 15.7. The maximum absolute atomic E-state index is 12.8. The minimum Gasteiger partial charge on any atom is -0.361 e. The van der Waals surface area contributed by atoms with Gasteiger partial charge in [0.25, 0.3) is 5.91 Å². The summed E-state index contributed by atoms with van der Waals surface area (Å²) in [5.74, 6) is -0.604. The van der Waals surface area contributed by atoms with Crippen molar-refractivity contribution in [3.63, 3.8) is 0 Å². The SMILES string of the molecule is O=C1N[C@H](Cc2c[nH]c3ccccc23)C(=O)N1CC(=O)N1CCc2ccccc21. The second-order valence-corrected chi connectivity index (χ2v) is 7.41. The van der Waals surface area contributed by atoms with Crippen molar-refractivity contribution < 1.29 is 14.4 Å². The number of carbonyl (C=O) groups is 3. The predicted octanol–water partition coefficient (Wildman–Crippen LogP) is 2.22. The van der Waals surface area contributed by atoms with Gasteiger partial charge in [0.2, 0.25) is 5.91 Å². The van der Waals surface area contributed by atoms with Gasteiger partial charge in [-0.05, 0) is 29.7 Å². The number of benzene rings is 2. The molecule has 3 aromatic rings. The number of carbonyl (C=O) groups excluding carboxylic acids is 3. The lowest BCUT2D eigenvalue weighted by molar-refractivity contribution is -0.131. The van der Waals surface area contributed by atoms with Crippen molar-refractivity contribution in [2.24, 2.45) is 0 Å².